The molecule has 4 heterocycles. The second-order valence-electron chi connectivity index (χ2n) is 19.0. The quantitative estimate of drug-likeness (QED) is 0.0153. The highest BCUT2D eigenvalue weighted by molar-refractivity contribution is 8.00. The molecular weight excluding hydrogens is 953 g/mol. The van der Waals surface area contributed by atoms with Gasteiger partial charge in [-0.25, -0.2) is 19.4 Å². The maximum Gasteiger partial charge on any atom is 0.413 e. The number of aromatic nitrogens is 2. The summed E-state index contributed by atoms with van der Waals surface area (Å²) in [5, 5.41) is 31.0. The van der Waals surface area contributed by atoms with Crippen molar-refractivity contribution >= 4 is 80.8 Å². The van der Waals surface area contributed by atoms with Gasteiger partial charge in [0, 0.05) is 22.8 Å². The van der Waals surface area contributed by atoms with Gasteiger partial charge in [0.2, 0.25) is 11.1 Å². The molecule has 5 aromatic rings. The number of pyridine rings is 1. The highest BCUT2D eigenvalue weighted by atomic mass is 32.2. The van der Waals surface area contributed by atoms with E-state index < -0.39 is 63.8 Å². The zero-order chi connectivity index (χ0) is 51.4. The molecule has 2 aliphatic heterocycles. The Balaban J connectivity index is 1.13. The highest BCUT2D eigenvalue weighted by Crippen LogP contribution is 2.41. The Morgan fingerprint density at radius 3 is 2.25 bits per heavy atom. The molecule has 2 aliphatic rings. The number of aromatic hydroxyl groups is 2. The smallest absolute Gasteiger partial charge is 0.413 e. The summed E-state index contributed by atoms with van der Waals surface area (Å²) in [6.45, 7) is 13.4. The first kappa shape index (κ1) is 51.4. The van der Waals surface area contributed by atoms with Crippen LogP contribution in [-0.2, 0) is 51.4 Å². The van der Waals surface area contributed by atoms with Crippen molar-refractivity contribution in [3.8, 4) is 17.2 Å². The molecule has 20 heteroatoms. The number of methoxy groups -OCH3 is 1. The molecule has 1 saturated heterocycles. The standard InChI is InChI=1S/C51H54N6O12S2/c1-49(2,3)67-46(63)51(7,8)69-55-39(35-28-71-47(52-35)54-48(64)68-50(4,5)6)42(60)53-40-43(61)57-41(45(62)66-26-31-17-20-34(65-9)21-18-31)33(27-70-44(40)57)19-16-29-12-14-30(15-13-29)25-56-22-10-11-32-23-37(58)38(59)24-36(32)56/h10-24,28,40,44H,25-27H2,1-9H3,(H3,52,53,54,58,60,64)/p+1/b19-16-,55-39-/t40-,44-/m1/s1. The number of thiazole rings is 1. The first-order valence-corrected chi connectivity index (χ1v) is 24.3. The van der Waals surface area contributed by atoms with E-state index in [9.17, 15) is 34.2 Å². The van der Waals surface area contributed by atoms with Gasteiger partial charge in [0.05, 0.1) is 18.6 Å². The fourth-order valence-corrected chi connectivity index (χ4v) is 9.10. The van der Waals surface area contributed by atoms with Crippen molar-refractivity contribution in [2.24, 2.45) is 5.16 Å². The maximum atomic E-state index is 14.2. The van der Waals surface area contributed by atoms with Crippen LogP contribution in [-0.4, -0.2) is 96.7 Å². The van der Waals surface area contributed by atoms with E-state index in [-0.39, 0.29) is 40.4 Å². The van der Waals surface area contributed by atoms with Crippen LogP contribution in [0.15, 0.2) is 107 Å². The van der Waals surface area contributed by atoms with E-state index in [2.05, 4.69) is 20.8 Å². The molecule has 1 fully saturated rings. The fraction of sp³-hybridized carbons (Fsp3) is 0.333. The van der Waals surface area contributed by atoms with Gasteiger partial charge in [-0.3, -0.25) is 19.8 Å². The van der Waals surface area contributed by atoms with Crippen LogP contribution in [0.3, 0.4) is 0 Å². The molecule has 2 atom stereocenters. The van der Waals surface area contributed by atoms with Crippen LogP contribution in [0, 0.1) is 0 Å². The molecule has 372 valence electrons. The number of benzene rings is 3. The number of allylic oxidation sites excluding steroid dienone is 1. The van der Waals surface area contributed by atoms with E-state index in [1.54, 1.807) is 79.0 Å². The monoisotopic (exact) mass is 1010 g/mol. The normalized spacial score (nSPS) is 16.3. The predicted octanol–water partition coefficient (Wildman–Crippen LogP) is 7.35. The van der Waals surface area contributed by atoms with Crippen LogP contribution in [0.4, 0.5) is 9.93 Å². The van der Waals surface area contributed by atoms with Gasteiger partial charge >= 0.3 is 18.0 Å². The number of phenols is 2. The Bertz CT molecular complexity index is 2950. The maximum absolute atomic E-state index is 14.2. The largest absolute Gasteiger partial charge is 0.504 e. The lowest BCUT2D eigenvalue weighted by Gasteiger charge is -2.49. The Labute approximate surface area is 418 Å². The van der Waals surface area contributed by atoms with Gasteiger partial charge in [-0.15, -0.1) is 23.1 Å². The molecule has 0 bridgehead atoms. The second kappa shape index (κ2) is 20.9. The van der Waals surface area contributed by atoms with Gasteiger partial charge in [0.1, 0.15) is 46.4 Å². The summed E-state index contributed by atoms with van der Waals surface area (Å²) in [5.74, 6) is -2.54. The van der Waals surface area contributed by atoms with Crippen molar-refractivity contribution < 1.29 is 62.5 Å². The van der Waals surface area contributed by atoms with Crippen LogP contribution in [0.25, 0.3) is 17.0 Å². The van der Waals surface area contributed by atoms with Gasteiger partial charge in [0.25, 0.3) is 11.8 Å². The number of phenolic OH excluding ortho intramolecular Hbond substituents is 2. The van der Waals surface area contributed by atoms with E-state index in [1.807, 2.05) is 53.2 Å². The molecule has 0 saturated carbocycles. The minimum Gasteiger partial charge on any atom is -0.504 e. The zero-order valence-electron chi connectivity index (χ0n) is 40.6. The van der Waals surface area contributed by atoms with Gasteiger partial charge < -0.3 is 39.3 Å². The minimum atomic E-state index is -1.68. The molecule has 0 unspecified atom stereocenters. The number of oxime groups is 1. The van der Waals surface area contributed by atoms with Crippen molar-refractivity contribution in [2.45, 2.75) is 96.8 Å². The first-order chi connectivity index (χ1) is 33.5. The summed E-state index contributed by atoms with van der Waals surface area (Å²) in [5.41, 5.74) is -0.0804. The molecule has 0 radical (unpaired) electrons. The average molecular weight is 1010 g/mol. The van der Waals surface area contributed by atoms with Gasteiger partial charge in [-0.2, -0.15) is 4.57 Å². The lowest BCUT2D eigenvalue weighted by atomic mass is 10.0. The number of amides is 3. The number of nitrogens with one attached hydrogen (secondary N) is 2. The van der Waals surface area contributed by atoms with Gasteiger partial charge in [-0.05, 0) is 96.4 Å². The number of hydrogen-bond donors (Lipinski definition) is 4. The van der Waals surface area contributed by atoms with Crippen molar-refractivity contribution in [3.05, 3.63) is 124 Å². The van der Waals surface area contributed by atoms with E-state index in [1.165, 1.54) is 48.0 Å². The first-order valence-electron chi connectivity index (χ1n) is 22.3. The van der Waals surface area contributed by atoms with Crippen LogP contribution >= 0.6 is 23.1 Å². The number of anilines is 1. The van der Waals surface area contributed by atoms with Crippen molar-refractivity contribution in [1.82, 2.24) is 15.2 Å². The third-order valence-electron chi connectivity index (χ3n) is 10.6. The Hall–Kier alpha value is -7.45. The Morgan fingerprint density at radius 2 is 1.58 bits per heavy atom. The number of ether oxygens (including phenoxy) is 4. The number of hydrogen-bond acceptors (Lipinski definition) is 16. The number of thioether (sulfide) groups is 1. The van der Waals surface area contributed by atoms with E-state index in [4.69, 9.17) is 23.8 Å². The number of carbonyl (C=O) groups is 5. The second-order valence-corrected chi connectivity index (χ2v) is 20.9. The molecule has 3 amide bonds. The fourth-order valence-electron chi connectivity index (χ4n) is 7.10. The Kier molecular flexibility index (Phi) is 15.1. The third-order valence-corrected chi connectivity index (χ3v) is 12.7. The molecule has 3 aromatic carbocycles. The summed E-state index contributed by atoms with van der Waals surface area (Å²) >= 11 is 2.29. The SMILES string of the molecule is COc1ccc(COC(=O)C2=C(/C=C\c3ccc(C[n+]4cccc5cc(O)c(O)cc54)cc3)CS[C@@H]3[C@H](NC(=O)/C(=N\OC(C)(C)C(=O)OC(C)(C)C)c4csc(NC(=O)OC(C)(C)C)n4)C(=O)N23)cc1. The summed E-state index contributed by atoms with van der Waals surface area (Å²) in [6.07, 6.45) is 4.69. The van der Waals surface area contributed by atoms with Crippen molar-refractivity contribution in [3.63, 3.8) is 0 Å². The number of rotatable bonds is 15. The molecular formula is C51H55N6O12S2+. The topological polar surface area (TPSA) is 228 Å². The average Bonchev–Trinajstić information content (AvgIpc) is 3.76. The molecule has 7 rings (SSSR count). The van der Waals surface area contributed by atoms with Gasteiger partial charge in [0.15, 0.2) is 35.1 Å². The van der Waals surface area contributed by atoms with Crippen LogP contribution in [0.5, 0.6) is 17.2 Å². The van der Waals surface area contributed by atoms with Crippen LogP contribution in [0.2, 0.25) is 0 Å². The lowest BCUT2D eigenvalue weighted by molar-refractivity contribution is -0.662. The predicted molar refractivity (Wildman–Crippen MR) is 266 cm³/mol. The Morgan fingerprint density at radius 1 is 0.901 bits per heavy atom. The molecule has 18 nitrogen and oxygen atoms in total. The van der Waals surface area contributed by atoms with Crippen LogP contribution < -0.4 is 19.9 Å². The third kappa shape index (κ3) is 12.7. The van der Waals surface area contributed by atoms with Crippen molar-refractivity contribution in [2.75, 3.05) is 18.2 Å². The summed E-state index contributed by atoms with van der Waals surface area (Å²) in [4.78, 5) is 79.6. The zero-order valence-corrected chi connectivity index (χ0v) is 42.2. The summed E-state index contributed by atoms with van der Waals surface area (Å²) in [6, 6.07) is 20.3. The molecule has 2 aromatic heterocycles. The number of esters is 2. The summed E-state index contributed by atoms with van der Waals surface area (Å²) < 4.78 is 23.9. The highest BCUT2D eigenvalue weighted by Gasteiger charge is 2.54. The van der Waals surface area contributed by atoms with Crippen molar-refractivity contribution in [1.29, 1.82) is 0 Å². The molecule has 4 N–H and O–H groups in total. The van der Waals surface area contributed by atoms with E-state index >= 15 is 0 Å². The minimum absolute atomic E-state index is 0.0148. The van der Waals surface area contributed by atoms with Crippen LogP contribution in [0.1, 0.15) is 77.8 Å². The number of nitrogens with zero attached hydrogens (tertiary/aromatic N) is 4. The van der Waals surface area contributed by atoms with E-state index in [0.29, 0.717) is 23.4 Å². The number of β-lactam (4-membered cyclic amide) rings is 1. The van der Waals surface area contributed by atoms with Gasteiger partial charge in [-0.1, -0.05) is 53.7 Å². The number of carbonyl (C=O) groups excluding carboxylic acids is 5. The molecule has 71 heavy (non-hydrogen) atoms. The number of fused-ring (bicyclic) bond motifs is 2. The summed E-state index contributed by atoms with van der Waals surface area (Å²) in [7, 11) is 1.55. The molecule has 0 spiro atoms. The molecule has 0 aliphatic carbocycles. The lowest BCUT2D eigenvalue weighted by Crippen LogP contribution is -2.71. The van der Waals surface area contributed by atoms with E-state index in [0.717, 1.165) is 33.4 Å².